The van der Waals surface area contributed by atoms with E-state index in [4.69, 9.17) is 4.74 Å². The van der Waals surface area contributed by atoms with Gasteiger partial charge in [-0.2, -0.15) is 13.2 Å². The molecule has 0 fully saturated rings. The van der Waals surface area contributed by atoms with Gasteiger partial charge in [0.1, 0.15) is 12.4 Å². The first-order valence-corrected chi connectivity index (χ1v) is 6.04. The molecule has 0 aliphatic carbocycles. The Bertz CT molecular complexity index is 636. The van der Waals surface area contributed by atoms with Gasteiger partial charge in [0.15, 0.2) is 5.69 Å². The Morgan fingerprint density at radius 2 is 2.20 bits per heavy atom. The van der Waals surface area contributed by atoms with Gasteiger partial charge in [0.2, 0.25) is 0 Å². The molecule has 1 aromatic carbocycles. The minimum atomic E-state index is -4.43. The van der Waals surface area contributed by atoms with Gasteiger partial charge in [0, 0.05) is 17.8 Å². The van der Waals surface area contributed by atoms with Gasteiger partial charge in [-0.1, -0.05) is 6.07 Å². The summed E-state index contributed by atoms with van der Waals surface area (Å²) in [7, 11) is 1.84. The number of ether oxygens (including phenoxy) is 1. The minimum absolute atomic E-state index is 0.118. The third-order valence-corrected chi connectivity index (χ3v) is 3.30. The summed E-state index contributed by atoms with van der Waals surface area (Å²) in [5.74, 6) is 0.684. The first-order chi connectivity index (χ1) is 9.49. The summed E-state index contributed by atoms with van der Waals surface area (Å²) in [5.41, 5.74) is 0.683. The molecule has 0 saturated carbocycles. The number of benzene rings is 1. The Labute approximate surface area is 113 Å². The van der Waals surface area contributed by atoms with Crippen molar-refractivity contribution in [3.8, 4) is 11.4 Å². The molecule has 4 nitrogen and oxygen atoms in total. The number of halogens is 3. The molecular weight excluding hydrogens is 271 g/mol. The number of imidazole rings is 1. The molecule has 0 radical (unpaired) electrons. The zero-order valence-corrected chi connectivity index (χ0v) is 10.6. The van der Waals surface area contributed by atoms with Crippen LogP contribution in [0.4, 0.5) is 13.2 Å². The lowest BCUT2D eigenvalue weighted by atomic mass is 10.1. The van der Waals surface area contributed by atoms with Crippen LogP contribution in [-0.2, 0) is 6.18 Å². The van der Waals surface area contributed by atoms with E-state index in [0.29, 0.717) is 18.0 Å². The van der Waals surface area contributed by atoms with E-state index in [1.165, 1.54) is 4.57 Å². The number of likely N-dealkylation sites (N-methyl/N-ethyl adjacent to an activating group) is 1. The molecule has 0 bridgehead atoms. The highest BCUT2D eigenvalue weighted by Crippen LogP contribution is 2.34. The molecular formula is C13H12F3N3O. The van der Waals surface area contributed by atoms with Crippen LogP contribution in [0.5, 0.6) is 5.75 Å². The Kier molecular flexibility index (Phi) is 2.93. The van der Waals surface area contributed by atoms with Crippen LogP contribution in [0.2, 0.25) is 0 Å². The number of nitrogens with one attached hydrogen (secondary N) is 1. The highest BCUT2D eigenvalue weighted by molar-refractivity contribution is 5.48. The summed E-state index contributed by atoms with van der Waals surface area (Å²) < 4.78 is 44.4. The smallest absolute Gasteiger partial charge is 0.434 e. The third kappa shape index (κ3) is 2.14. The fraction of sp³-hybridized carbons (Fsp3) is 0.308. The predicted molar refractivity (Wildman–Crippen MR) is 65.9 cm³/mol. The Morgan fingerprint density at radius 1 is 1.40 bits per heavy atom. The minimum Gasteiger partial charge on any atom is -0.491 e. The standard InChI is InChI=1S/C13H12F3N3O/c1-17-10-6-20-11-4-8(2-3-9(10)11)19-5-12(18-7-19)13(14,15)16/h2-5,7,10,17H,6H2,1H3/t10-/m1/s1. The molecule has 3 rings (SSSR count). The first kappa shape index (κ1) is 13.0. The van der Waals surface area contributed by atoms with Crippen molar-refractivity contribution in [2.75, 3.05) is 13.7 Å². The van der Waals surface area contributed by atoms with Gasteiger partial charge in [-0.15, -0.1) is 0 Å². The number of aromatic nitrogens is 2. The topological polar surface area (TPSA) is 39.1 Å². The fourth-order valence-electron chi connectivity index (χ4n) is 2.21. The van der Waals surface area contributed by atoms with E-state index < -0.39 is 11.9 Å². The molecule has 7 heteroatoms. The molecule has 2 heterocycles. The van der Waals surface area contributed by atoms with Crippen LogP contribution in [0.15, 0.2) is 30.7 Å². The highest BCUT2D eigenvalue weighted by Gasteiger charge is 2.33. The molecule has 0 saturated heterocycles. The average molecular weight is 283 g/mol. The maximum absolute atomic E-state index is 12.5. The Hall–Kier alpha value is -2.02. The second kappa shape index (κ2) is 4.52. The average Bonchev–Trinajstić information content (AvgIpc) is 3.04. The molecule has 2 aromatic rings. The van der Waals surface area contributed by atoms with E-state index in [2.05, 4.69) is 10.3 Å². The van der Waals surface area contributed by atoms with Crippen LogP contribution in [-0.4, -0.2) is 23.2 Å². The quantitative estimate of drug-likeness (QED) is 0.920. The zero-order valence-electron chi connectivity index (χ0n) is 10.6. The molecule has 1 N–H and O–H groups in total. The van der Waals surface area contributed by atoms with Gasteiger partial charge >= 0.3 is 6.18 Å². The summed E-state index contributed by atoms with van der Waals surface area (Å²) in [4.78, 5) is 3.37. The van der Waals surface area contributed by atoms with Gasteiger partial charge in [-0.3, -0.25) is 0 Å². The Morgan fingerprint density at radius 3 is 2.85 bits per heavy atom. The van der Waals surface area contributed by atoms with Crippen molar-refractivity contribution in [2.24, 2.45) is 0 Å². The van der Waals surface area contributed by atoms with Crippen molar-refractivity contribution in [2.45, 2.75) is 12.2 Å². The molecule has 1 aliphatic rings. The van der Waals surface area contributed by atoms with Crippen LogP contribution in [0.25, 0.3) is 5.69 Å². The van der Waals surface area contributed by atoms with Gasteiger partial charge in [0.25, 0.3) is 0 Å². The van der Waals surface area contributed by atoms with Gasteiger partial charge < -0.3 is 14.6 Å². The maximum Gasteiger partial charge on any atom is 0.434 e. The van der Waals surface area contributed by atoms with E-state index >= 15 is 0 Å². The molecule has 0 unspecified atom stereocenters. The molecule has 1 aliphatic heterocycles. The molecule has 1 aromatic heterocycles. The maximum atomic E-state index is 12.5. The van der Waals surface area contributed by atoms with Crippen LogP contribution in [0.3, 0.4) is 0 Å². The summed E-state index contributed by atoms with van der Waals surface area (Å²) in [6, 6.07) is 5.44. The lowest BCUT2D eigenvalue weighted by molar-refractivity contribution is -0.140. The number of nitrogens with zero attached hydrogens (tertiary/aromatic N) is 2. The van der Waals surface area contributed by atoms with Gasteiger partial charge in [-0.25, -0.2) is 4.98 Å². The third-order valence-electron chi connectivity index (χ3n) is 3.30. The lowest BCUT2D eigenvalue weighted by Gasteiger charge is -2.07. The van der Waals surface area contributed by atoms with Gasteiger partial charge in [0.05, 0.1) is 18.1 Å². The van der Waals surface area contributed by atoms with E-state index in [0.717, 1.165) is 18.1 Å². The monoisotopic (exact) mass is 283 g/mol. The molecule has 106 valence electrons. The van der Waals surface area contributed by atoms with E-state index in [1.807, 2.05) is 13.1 Å². The van der Waals surface area contributed by atoms with Crippen molar-refractivity contribution in [3.05, 3.63) is 42.0 Å². The van der Waals surface area contributed by atoms with Crippen molar-refractivity contribution in [1.29, 1.82) is 0 Å². The Balaban J connectivity index is 1.94. The van der Waals surface area contributed by atoms with E-state index in [-0.39, 0.29) is 6.04 Å². The van der Waals surface area contributed by atoms with E-state index in [9.17, 15) is 13.2 Å². The summed E-state index contributed by atoms with van der Waals surface area (Å²) in [6.07, 6.45) is -2.32. The van der Waals surface area contributed by atoms with Crippen LogP contribution in [0, 0.1) is 0 Å². The fourth-order valence-corrected chi connectivity index (χ4v) is 2.21. The summed E-state index contributed by atoms with van der Waals surface area (Å²) in [6.45, 7) is 0.521. The first-order valence-electron chi connectivity index (χ1n) is 6.04. The normalized spacial score (nSPS) is 17.9. The molecule has 20 heavy (non-hydrogen) atoms. The molecule has 1 atom stereocenters. The number of rotatable bonds is 2. The largest absolute Gasteiger partial charge is 0.491 e. The van der Waals surface area contributed by atoms with Crippen molar-refractivity contribution < 1.29 is 17.9 Å². The molecule has 0 spiro atoms. The number of fused-ring (bicyclic) bond motifs is 1. The van der Waals surface area contributed by atoms with Crippen molar-refractivity contribution in [3.63, 3.8) is 0 Å². The van der Waals surface area contributed by atoms with E-state index in [1.54, 1.807) is 12.1 Å². The second-order valence-corrected chi connectivity index (χ2v) is 4.54. The van der Waals surface area contributed by atoms with Crippen LogP contribution in [0.1, 0.15) is 17.3 Å². The van der Waals surface area contributed by atoms with Crippen LogP contribution < -0.4 is 10.1 Å². The number of hydrogen-bond acceptors (Lipinski definition) is 3. The highest BCUT2D eigenvalue weighted by atomic mass is 19.4. The van der Waals surface area contributed by atoms with Crippen LogP contribution >= 0.6 is 0 Å². The molecule has 0 amide bonds. The lowest BCUT2D eigenvalue weighted by Crippen LogP contribution is -2.17. The number of alkyl halides is 3. The predicted octanol–water partition coefficient (Wildman–Crippen LogP) is 2.54. The summed E-state index contributed by atoms with van der Waals surface area (Å²) in [5, 5.41) is 3.11. The number of hydrogen-bond donors (Lipinski definition) is 1. The zero-order chi connectivity index (χ0) is 14.3. The second-order valence-electron chi connectivity index (χ2n) is 4.54. The summed E-state index contributed by atoms with van der Waals surface area (Å²) >= 11 is 0. The SMILES string of the molecule is CN[C@@H]1COc2cc(-n3cnc(C(F)(F)F)c3)ccc21. The van der Waals surface area contributed by atoms with Gasteiger partial charge in [-0.05, 0) is 13.1 Å². The van der Waals surface area contributed by atoms with Crippen molar-refractivity contribution in [1.82, 2.24) is 14.9 Å². The van der Waals surface area contributed by atoms with Crippen molar-refractivity contribution >= 4 is 0 Å².